The van der Waals surface area contributed by atoms with Crippen molar-refractivity contribution >= 4 is 45.6 Å². The number of fused-ring (bicyclic) bond motifs is 2. The molecule has 0 aliphatic carbocycles. The Bertz CT molecular complexity index is 2540. The lowest BCUT2D eigenvalue weighted by molar-refractivity contribution is -0.134. The highest BCUT2D eigenvalue weighted by Gasteiger charge is 2.38. The molecule has 7 aromatic rings. The number of H-pyrrole nitrogens is 2. The summed E-state index contributed by atoms with van der Waals surface area (Å²) in [4.78, 5) is 56.7. The van der Waals surface area contributed by atoms with Crippen molar-refractivity contribution < 1.29 is 18.4 Å². The molecule has 4 N–H and O–H groups in total. The molecule has 2 amide bonds. The van der Waals surface area contributed by atoms with Crippen LogP contribution in [0.15, 0.2) is 94.5 Å². The van der Waals surface area contributed by atoms with Crippen LogP contribution in [0, 0.1) is 11.8 Å². The van der Waals surface area contributed by atoms with E-state index in [9.17, 15) is 9.59 Å². The van der Waals surface area contributed by atoms with E-state index in [0.29, 0.717) is 25.1 Å². The van der Waals surface area contributed by atoms with Gasteiger partial charge in [0.2, 0.25) is 11.8 Å². The molecule has 14 nitrogen and oxygen atoms in total. The van der Waals surface area contributed by atoms with E-state index in [0.717, 1.165) is 81.5 Å². The molecule has 3 aromatic carbocycles. The van der Waals surface area contributed by atoms with Crippen molar-refractivity contribution in [3.8, 4) is 22.4 Å². The predicted octanol–water partition coefficient (Wildman–Crippen LogP) is 8.35. The molecule has 2 aliphatic heterocycles. The standard InChI is InChI=1S/C44H48N10O4/c1-25(2)37(51-43-45-15-19-57-43)41(55)53-17-5-7-35(53)39-47-24-34(50-39)31-12-11-27-21-28(9-10-29(27)22-31)30-13-14-32-33(23-30)49-40(48-32)36-8-6-18-54(36)42(56)38(26(3)4)52-44-46-16-20-58-44/h9-16,19-26,35-38H,5-8,17-18H2,1-4H3,(H,45,51)(H,46,52)(H,47,50)(H,48,49)/t35-,36-,37-,38-/m0/s1. The summed E-state index contributed by atoms with van der Waals surface area (Å²) in [6.07, 6.45) is 11.5. The molecular weight excluding hydrogens is 733 g/mol. The van der Waals surface area contributed by atoms with Crippen LogP contribution in [-0.2, 0) is 9.59 Å². The highest BCUT2D eigenvalue weighted by atomic mass is 16.4. The van der Waals surface area contributed by atoms with Crippen LogP contribution in [0.25, 0.3) is 44.2 Å². The lowest BCUT2D eigenvalue weighted by Crippen LogP contribution is -2.45. The molecule has 58 heavy (non-hydrogen) atoms. The van der Waals surface area contributed by atoms with Gasteiger partial charge >= 0.3 is 0 Å². The lowest BCUT2D eigenvalue weighted by Gasteiger charge is -2.30. The van der Waals surface area contributed by atoms with Gasteiger partial charge in [-0.15, -0.1) is 0 Å². The lowest BCUT2D eigenvalue weighted by atomic mass is 9.99. The summed E-state index contributed by atoms with van der Waals surface area (Å²) in [6, 6.07) is 18.7. The van der Waals surface area contributed by atoms with Crippen LogP contribution in [0.5, 0.6) is 0 Å². The minimum atomic E-state index is -0.464. The van der Waals surface area contributed by atoms with Gasteiger partial charge < -0.3 is 39.2 Å². The van der Waals surface area contributed by atoms with Crippen LogP contribution in [0.1, 0.15) is 77.1 Å². The SMILES string of the molecule is CC(C)[C@H](Nc1ncco1)C(=O)N1CCC[C@H]1c1ncc(-c2ccc3cc(-c4ccc5nc([C@@H]6CCCN6C(=O)[C@@H](Nc6ncco6)C(C)C)[nH]c5c4)ccc3c2)[nH]1. The first-order valence-corrected chi connectivity index (χ1v) is 20.2. The average molecular weight is 781 g/mol. The maximum atomic E-state index is 13.9. The van der Waals surface area contributed by atoms with Gasteiger partial charge in [-0.05, 0) is 83.7 Å². The van der Waals surface area contributed by atoms with Gasteiger partial charge in [-0.1, -0.05) is 58.0 Å². The van der Waals surface area contributed by atoms with E-state index in [1.165, 1.54) is 12.5 Å². The van der Waals surface area contributed by atoms with Crippen molar-refractivity contribution in [1.82, 2.24) is 39.7 Å². The van der Waals surface area contributed by atoms with Crippen LogP contribution < -0.4 is 10.6 Å². The van der Waals surface area contributed by atoms with E-state index >= 15 is 0 Å². The molecule has 2 saturated heterocycles. The highest BCUT2D eigenvalue weighted by Crippen LogP contribution is 2.36. The number of likely N-dealkylation sites (tertiary alicyclic amines) is 2. The average Bonchev–Trinajstić information content (AvgIpc) is 4.08. The molecule has 0 saturated carbocycles. The van der Waals surface area contributed by atoms with Crippen LogP contribution in [0.4, 0.5) is 12.0 Å². The summed E-state index contributed by atoms with van der Waals surface area (Å²) < 4.78 is 10.8. The van der Waals surface area contributed by atoms with Gasteiger partial charge in [0, 0.05) is 18.7 Å². The summed E-state index contributed by atoms with van der Waals surface area (Å²) in [5.74, 6) is 1.70. The first-order chi connectivity index (χ1) is 28.2. The zero-order chi connectivity index (χ0) is 39.9. The number of amides is 2. The predicted molar refractivity (Wildman–Crippen MR) is 221 cm³/mol. The zero-order valence-electron chi connectivity index (χ0n) is 33.1. The van der Waals surface area contributed by atoms with Crippen molar-refractivity contribution in [2.45, 2.75) is 77.5 Å². The Morgan fingerprint density at radius 2 is 1.24 bits per heavy atom. The first-order valence-electron chi connectivity index (χ1n) is 20.2. The molecule has 0 spiro atoms. The number of aromatic amines is 2. The van der Waals surface area contributed by atoms with Gasteiger partial charge in [-0.2, -0.15) is 0 Å². The number of nitrogens with one attached hydrogen (secondary N) is 4. The van der Waals surface area contributed by atoms with E-state index in [4.69, 9.17) is 18.8 Å². The summed E-state index contributed by atoms with van der Waals surface area (Å²) in [7, 11) is 0. The minimum Gasteiger partial charge on any atom is -0.432 e. The molecule has 4 aromatic heterocycles. The second-order valence-electron chi connectivity index (χ2n) is 16.1. The maximum Gasteiger partial charge on any atom is 0.295 e. The Morgan fingerprint density at radius 1 is 0.690 bits per heavy atom. The zero-order valence-corrected chi connectivity index (χ0v) is 33.1. The van der Waals surface area contributed by atoms with Crippen LogP contribution in [0.3, 0.4) is 0 Å². The topological polar surface area (TPSA) is 174 Å². The molecule has 0 unspecified atom stereocenters. The van der Waals surface area contributed by atoms with Crippen LogP contribution in [-0.4, -0.2) is 76.7 Å². The number of benzene rings is 3. The third-order valence-electron chi connectivity index (χ3n) is 11.6. The van der Waals surface area contributed by atoms with Gasteiger partial charge in [-0.3, -0.25) is 9.59 Å². The van der Waals surface area contributed by atoms with E-state index in [2.05, 4.69) is 79.1 Å². The summed E-state index contributed by atoms with van der Waals surface area (Å²) in [5.41, 5.74) is 5.91. The van der Waals surface area contributed by atoms with Crippen LogP contribution >= 0.6 is 0 Å². The van der Waals surface area contributed by atoms with Gasteiger partial charge in [0.05, 0.1) is 47.4 Å². The first kappa shape index (κ1) is 37.2. The van der Waals surface area contributed by atoms with E-state index < -0.39 is 12.1 Å². The van der Waals surface area contributed by atoms with Crippen molar-refractivity contribution in [2.24, 2.45) is 11.8 Å². The number of imidazole rings is 2. The number of nitrogens with zero attached hydrogens (tertiary/aromatic N) is 6. The number of carbonyl (C=O) groups is 2. The Morgan fingerprint density at radius 3 is 1.83 bits per heavy atom. The molecular formula is C44H48N10O4. The second-order valence-corrected chi connectivity index (χ2v) is 16.1. The summed E-state index contributed by atoms with van der Waals surface area (Å²) in [6.45, 7) is 9.42. The minimum absolute atomic E-state index is 0.0165. The molecule has 4 atom stereocenters. The summed E-state index contributed by atoms with van der Waals surface area (Å²) >= 11 is 0. The normalized spacial score (nSPS) is 18.2. The number of carbonyl (C=O) groups excluding carboxylic acids is 2. The number of rotatable bonds is 12. The molecule has 0 bridgehead atoms. The third-order valence-corrected chi connectivity index (χ3v) is 11.6. The van der Waals surface area contributed by atoms with Crippen LogP contribution in [0.2, 0.25) is 0 Å². The largest absolute Gasteiger partial charge is 0.432 e. The molecule has 9 rings (SSSR count). The fraction of sp³-hybridized carbons (Fsp3) is 0.364. The quantitative estimate of drug-likeness (QED) is 0.0944. The van der Waals surface area contributed by atoms with E-state index in [1.807, 2.05) is 49.8 Å². The van der Waals surface area contributed by atoms with Crippen molar-refractivity contribution in [3.05, 3.63) is 97.4 Å². The van der Waals surface area contributed by atoms with Gasteiger partial charge in [0.25, 0.3) is 12.0 Å². The maximum absolute atomic E-state index is 13.9. The smallest absolute Gasteiger partial charge is 0.295 e. The number of oxazole rings is 2. The number of hydrogen-bond donors (Lipinski definition) is 4. The fourth-order valence-electron chi connectivity index (χ4n) is 8.48. The van der Waals surface area contributed by atoms with Crippen molar-refractivity contribution in [1.29, 1.82) is 0 Å². The fourth-order valence-corrected chi connectivity index (χ4v) is 8.48. The highest BCUT2D eigenvalue weighted by molar-refractivity contribution is 5.92. The van der Waals surface area contributed by atoms with E-state index in [1.54, 1.807) is 12.4 Å². The second kappa shape index (κ2) is 15.5. The van der Waals surface area contributed by atoms with Gasteiger partial charge in [0.1, 0.15) is 36.3 Å². The van der Waals surface area contributed by atoms with Gasteiger partial charge in [0.15, 0.2) is 0 Å². The molecule has 6 heterocycles. The van der Waals surface area contributed by atoms with Gasteiger partial charge in [-0.25, -0.2) is 19.9 Å². The Kier molecular flexibility index (Phi) is 9.92. The Hall–Kier alpha value is -6.44. The number of hydrogen-bond acceptors (Lipinski definition) is 10. The molecule has 0 radical (unpaired) electrons. The Balaban J connectivity index is 0.905. The van der Waals surface area contributed by atoms with Crippen molar-refractivity contribution in [3.63, 3.8) is 0 Å². The Labute approximate surface area is 335 Å². The summed E-state index contributed by atoms with van der Waals surface area (Å²) in [5, 5.41) is 8.60. The van der Waals surface area contributed by atoms with E-state index in [-0.39, 0.29) is 35.7 Å². The third kappa shape index (κ3) is 7.18. The monoisotopic (exact) mass is 780 g/mol. The number of anilines is 2. The number of aromatic nitrogens is 6. The van der Waals surface area contributed by atoms with Crippen molar-refractivity contribution in [2.75, 3.05) is 23.7 Å². The molecule has 298 valence electrons. The molecule has 2 fully saturated rings. The molecule has 2 aliphatic rings. The molecule has 14 heteroatoms.